The molecule has 2 heterocycles. The number of nitrogens with two attached hydrogens (primary N) is 1. The van der Waals surface area contributed by atoms with Crippen LogP contribution in [0.2, 0.25) is 0 Å². The van der Waals surface area contributed by atoms with Gasteiger partial charge in [0.15, 0.2) is 9.34 Å². The zero-order chi connectivity index (χ0) is 13.5. The molecule has 0 aliphatic carbocycles. The SMILES string of the molecule is Cc1nc(N)sc1S(=O)(=O)N1CC(C)OC(C)C1. The Labute approximate surface area is 111 Å². The minimum Gasteiger partial charge on any atom is -0.375 e. The van der Waals surface area contributed by atoms with Crippen LogP contribution in [0.3, 0.4) is 0 Å². The van der Waals surface area contributed by atoms with Gasteiger partial charge in [0.2, 0.25) is 0 Å². The Morgan fingerprint density at radius 3 is 2.39 bits per heavy atom. The smallest absolute Gasteiger partial charge is 0.254 e. The molecule has 0 radical (unpaired) electrons. The van der Waals surface area contributed by atoms with Crippen LogP contribution in [-0.4, -0.2) is 43.0 Å². The lowest BCUT2D eigenvalue weighted by molar-refractivity contribution is -0.0440. The lowest BCUT2D eigenvalue weighted by atomic mass is 10.3. The third-order valence-electron chi connectivity index (χ3n) is 2.73. The molecule has 102 valence electrons. The average molecular weight is 291 g/mol. The van der Waals surface area contributed by atoms with Crippen LogP contribution in [0.1, 0.15) is 19.5 Å². The summed E-state index contributed by atoms with van der Waals surface area (Å²) >= 11 is 1.01. The van der Waals surface area contributed by atoms with Crippen molar-refractivity contribution in [1.82, 2.24) is 9.29 Å². The number of ether oxygens (including phenoxy) is 1. The predicted octanol–water partition coefficient (Wildman–Crippen LogP) is 0.832. The van der Waals surface area contributed by atoms with Gasteiger partial charge in [0.25, 0.3) is 10.0 Å². The van der Waals surface area contributed by atoms with Crippen molar-refractivity contribution < 1.29 is 13.2 Å². The monoisotopic (exact) mass is 291 g/mol. The molecule has 2 N–H and O–H groups in total. The van der Waals surface area contributed by atoms with E-state index in [1.54, 1.807) is 6.92 Å². The highest BCUT2D eigenvalue weighted by Crippen LogP contribution is 2.29. The van der Waals surface area contributed by atoms with Crippen LogP contribution in [0.5, 0.6) is 0 Å². The highest BCUT2D eigenvalue weighted by atomic mass is 32.2. The van der Waals surface area contributed by atoms with Crippen LogP contribution in [0.15, 0.2) is 4.21 Å². The van der Waals surface area contributed by atoms with Crippen molar-refractivity contribution >= 4 is 26.5 Å². The summed E-state index contributed by atoms with van der Waals surface area (Å²) in [7, 11) is -3.51. The van der Waals surface area contributed by atoms with Gasteiger partial charge in [-0.1, -0.05) is 11.3 Å². The zero-order valence-electron chi connectivity index (χ0n) is 10.6. The normalized spacial score (nSPS) is 26.4. The molecule has 2 atom stereocenters. The van der Waals surface area contributed by atoms with E-state index in [1.807, 2.05) is 13.8 Å². The van der Waals surface area contributed by atoms with E-state index in [4.69, 9.17) is 10.5 Å². The molecule has 1 aromatic rings. The molecule has 0 amide bonds. The summed E-state index contributed by atoms with van der Waals surface area (Å²) in [6.07, 6.45) is -0.205. The molecule has 2 rings (SSSR count). The topological polar surface area (TPSA) is 85.5 Å². The maximum Gasteiger partial charge on any atom is 0.254 e. The van der Waals surface area contributed by atoms with Gasteiger partial charge in [-0.25, -0.2) is 13.4 Å². The number of hydrogen-bond acceptors (Lipinski definition) is 6. The molecule has 0 bridgehead atoms. The number of aryl methyl sites for hydroxylation is 1. The van der Waals surface area contributed by atoms with Crippen molar-refractivity contribution in [2.75, 3.05) is 18.8 Å². The fourth-order valence-corrected chi connectivity index (χ4v) is 5.11. The molecule has 8 heteroatoms. The molecule has 1 fully saturated rings. The Balaban J connectivity index is 2.34. The van der Waals surface area contributed by atoms with Crippen LogP contribution in [-0.2, 0) is 14.8 Å². The van der Waals surface area contributed by atoms with Crippen molar-refractivity contribution in [3.05, 3.63) is 5.69 Å². The van der Waals surface area contributed by atoms with E-state index >= 15 is 0 Å². The van der Waals surface area contributed by atoms with Gasteiger partial charge in [0, 0.05) is 13.1 Å². The molecule has 2 unspecified atom stereocenters. The number of morpholine rings is 1. The second-order valence-electron chi connectivity index (χ2n) is 4.50. The van der Waals surface area contributed by atoms with Crippen molar-refractivity contribution in [2.24, 2.45) is 0 Å². The van der Waals surface area contributed by atoms with Gasteiger partial charge in [0.1, 0.15) is 0 Å². The zero-order valence-corrected chi connectivity index (χ0v) is 12.2. The highest BCUT2D eigenvalue weighted by Gasteiger charge is 2.34. The molecule has 1 aliphatic heterocycles. The van der Waals surface area contributed by atoms with E-state index in [2.05, 4.69) is 4.98 Å². The van der Waals surface area contributed by atoms with E-state index in [0.717, 1.165) is 11.3 Å². The lowest BCUT2D eigenvalue weighted by Crippen LogP contribution is -2.48. The summed E-state index contributed by atoms with van der Waals surface area (Å²) in [5.74, 6) is 0. The first-order valence-electron chi connectivity index (χ1n) is 5.69. The molecular formula is C10H17N3O3S2. The minimum absolute atomic E-state index is 0.103. The fraction of sp³-hybridized carbons (Fsp3) is 0.700. The molecule has 1 aromatic heterocycles. The number of thiazole rings is 1. The largest absolute Gasteiger partial charge is 0.375 e. The summed E-state index contributed by atoms with van der Waals surface area (Å²) < 4.78 is 32.2. The van der Waals surface area contributed by atoms with E-state index in [9.17, 15) is 8.42 Å². The van der Waals surface area contributed by atoms with Crippen molar-refractivity contribution in [2.45, 2.75) is 37.2 Å². The van der Waals surface area contributed by atoms with Crippen molar-refractivity contribution in [3.8, 4) is 0 Å². The average Bonchev–Trinajstić information content (AvgIpc) is 2.57. The maximum absolute atomic E-state index is 12.5. The standard InChI is InChI=1S/C10H17N3O3S2/c1-6-4-13(5-7(2)16-6)18(14,15)9-8(3)12-10(11)17-9/h6-7H,4-5H2,1-3H3,(H2,11,12). The molecule has 1 saturated heterocycles. The van der Waals surface area contributed by atoms with Gasteiger partial charge in [-0.15, -0.1) is 0 Å². The third-order valence-corrected chi connectivity index (χ3v) is 6.14. The first kappa shape index (κ1) is 13.7. The predicted molar refractivity (Wildman–Crippen MR) is 70.0 cm³/mol. The fourth-order valence-electron chi connectivity index (χ4n) is 2.09. The highest BCUT2D eigenvalue weighted by molar-refractivity contribution is 7.91. The molecule has 6 nitrogen and oxygen atoms in total. The van der Waals surface area contributed by atoms with Crippen LogP contribution >= 0.6 is 11.3 Å². The maximum atomic E-state index is 12.5. The third kappa shape index (κ3) is 2.51. The molecule has 0 aromatic carbocycles. The first-order chi connectivity index (χ1) is 8.30. The van der Waals surface area contributed by atoms with Crippen LogP contribution in [0, 0.1) is 6.92 Å². The molecule has 0 saturated carbocycles. The van der Waals surface area contributed by atoms with Gasteiger partial charge < -0.3 is 10.5 Å². The summed E-state index contributed by atoms with van der Waals surface area (Å²) in [6, 6.07) is 0. The number of nitrogen functional groups attached to an aromatic ring is 1. The Morgan fingerprint density at radius 1 is 1.39 bits per heavy atom. The molecule has 18 heavy (non-hydrogen) atoms. The first-order valence-corrected chi connectivity index (χ1v) is 7.95. The Kier molecular flexibility index (Phi) is 3.63. The van der Waals surface area contributed by atoms with Crippen LogP contribution < -0.4 is 5.73 Å². The van der Waals surface area contributed by atoms with Crippen LogP contribution in [0.4, 0.5) is 5.13 Å². The molecular weight excluding hydrogens is 274 g/mol. The van der Waals surface area contributed by atoms with Crippen molar-refractivity contribution in [1.29, 1.82) is 0 Å². The van der Waals surface area contributed by atoms with Gasteiger partial charge in [-0.2, -0.15) is 4.31 Å². The number of aromatic nitrogens is 1. The second-order valence-corrected chi connectivity index (χ2v) is 7.67. The number of sulfonamides is 1. The van der Waals surface area contributed by atoms with E-state index in [-0.39, 0.29) is 21.5 Å². The quantitative estimate of drug-likeness (QED) is 0.872. The lowest BCUT2D eigenvalue weighted by Gasteiger charge is -2.34. The van der Waals surface area contributed by atoms with E-state index in [0.29, 0.717) is 18.8 Å². The summed E-state index contributed by atoms with van der Waals surface area (Å²) in [5, 5.41) is 0.278. The van der Waals surface area contributed by atoms with Gasteiger partial charge in [0.05, 0.1) is 17.9 Å². The van der Waals surface area contributed by atoms with E-state index < -0.39 is 10.0 Å². The van der Waals surface area contributed by atoms with Crippen molar-refractivity contribution in [3.63, 3.8) is 0 Å². The summed E-state index contributed by atoms with van der Waals surface area (Å²) in [4.78, 5) is 3.97. The summed E-state index contributed by atoms with van der Waals surface area (Å²) in [5.41, 5.74) is 6.02. The Bertz CT molecular complexity index is 531. The van der Waals surface area contributed by atoms with E-state index in [1.165, 1.54) is 4.31 Å². The van der Waals surface area contributed by atoms with Crippen LogP contribution in [0.25, 0.3) is 0 Å². The summed E-state index contributed by atoms with van der Waals surface area (Å²) in [6.45, 7) is 6.12. The number of hydrogen-bond donors (Lipinski definition) is 1. The number of anilines is 1. The number of rotatable bonds is 2. The Morgan fingerprint density at radius 2 is 1.94 bits per heavy atom. The minimum atomic E-state index is -3.51. The molecule has 1 aliphatic rings. The second kappa shape index (κ2) is 4.76. The van der Waals surface area contributed by atoms with Gasteiger partial charge in [-0.05, 0) is 20.8 Å². The Hall–Kier alpha value is -0.700. The van der Waals surface area contributed by atoms with Gasteiger partial charge >= 0.3 is 0 Å². The number of nitrogens with zero attached hydrogens (tertiary/aromatic N) is 2. The van der Waals surface area contributed by atoms with Gasteiger partial charge in [-0.3, -0.25) is 0 Å². The molecule has 0 spiro atoms.